The summed E-state index contributed by atoms with van der Waals surface area (Å²) in [6.07, 6.45) is 2.15. The molecule has 1 fully saturated rings. The fourth-order valence-electron chi connectivity index (χ4n) is 2.44. The van der Waals surface area contributed by atoms with Gasteiger partial charge >= 0.3 is 0 Å². The Bertz CT molecular complexity index is 501. The lowest BCUT2D eigenvalue weighted by molar-refractivity contribution is -0.134. The van der Waals surface area contributed by atoms with Crippen LogP contribution in [0.2, 0.25) is 0 Å². The highest BCUT2D eigenvalue weighted by molar-refractivity contribution is 5.85. The molecule has 0 spiro atoms. The van der Waals surface area contributed by atoms with Crippen LogP contribution < -0.4 is 10.1 Å². The number of amides is 2. The summed E-state index contributed by atoms with van der Waals surface area (Å²) in [7, 11) is 0. The summed E-state index contributed by atoms with van der Waals surface area (Å²) in [4.78, 5) is 25.6. The molecule has 23 heavy (non-hydrogen) atoms. The van der Waals surface area contributed by atoms with Gasteiger partial charge in [-0.2, -0.15) is 0 Å². The molecule has 2 amide bonds. The average Bonchev–Trinajstić information content (AvgIpc) is 3.09. The summed E-state index contributed by atoms with van der Waals surface area (Å²) < 4.78 is 10.9. The number of benzene rings is 1. The Morgan fingerprint density at radius 1 is 1.35 bits per heavy atom. The van der Waals surface area contributed by atoms with Gasteiger partial charge in [-0.1, -0.05) is 18.2 Å². The van der Waals surface area contributed by atoms with E-state index in [1.807, 2.05) is 25.1 Å². The lowest BCUT2D eigenvalue weighted by atomic mass is 10.2. The molecule has 0 aliphatic carbocycles. The molecule has 1 aliphatic heterocycles. The van der Waals surface area contributed by atoms with E-state index in [0.29, 0.717) is 18.8 Å². The van der Waals surface area contributed by atoms with Gasteiger partial charge in [0.2, 0.25) is 5.91 Å². The Hall–Kier alpha value is -2.08. The smallest absolute Gasteiger partial charge is 0.258 e. The van der Waals surface area contributed by atoms with Crippen LogP contribution in [0.3, 0.4) is 0 Å². The first-order valence-electron chi connectivity index (χ1n) is 8.03. The first kappa shape index (κ1) is 17.3. The van der Waals surface area contributed by atoms with Gasteiger partial charge in [0.15, 0.2) is 6.61 Å². The maximum Gasteiger partial charge on any atom is 0.258 e. The van der Waals surface area contributed by atoms with E-state index in [9.17, 15) is 9.59 Å². The Labute approximate surface area is 136 Å². The number of hydrogen-bond donors (Lipinski definition) is 1. The zero-order valence-electron chi connectivity index (χ0n) is 13.5. The molecule has 1 atom stereocenters. The second kappa shape index (κ2) is 9.15. The second-order valence-corrected chi connectivity index (χ2v) is 5.45. The molecule has 1 N–H and O–H groups in total. The lowest BCUT2D eigenvalue weighted by Gasteiger charge is -2.24. The van der Waals surface area contributed by atoms with Crippen molar-refractivity contribution in [3.05, 3.63) is 30.3 Å². The minimum Gasteiger partial charge on any atom is -0.484 e. The van der Waals surface area contributed by atoms with E-state index < -0.39 is 0 Å². The highest BCUT2D eigenvalue weighted by Crippen LogP contribution is 2.13. The van der Waals surface area contributed by atoms with Crippen molar-refractivity contribution in [3.8, 4) is 5.75 Å². The van der Waals surface area contributed by atoms with Gasteiger partial charge in [0.05, 0.1) is 12.6 Å². The molecule has 1 saturated heterocycles. The van der Waals surface area contributed by atoms with E-state index in [1.54, 1.807) is 17.0 Å². The van der Waals surface area contributed by atoms with Gasteiger partial charge in [0.25, 0.3) is 5.91 Å². The van der Waals surface area contributed by atoms with Crippen molar-refractivity contribution in [2.45, 2.75) is 25.9 Å². The molecule has 1 aromatic rings. The third-order valence-corrected chi connectivity index (χ3v) is 3.73. The van der Waals surface area contributed by atoms with Crippen molar-refractivity contribution in [2.75, 3.05) is 32.8 Å². The molecule has 1 aromatic carbocycles. The lowest BCUT2D eigenvalue weighted by Crippen LogP contribution is -2.44. The Morgan fingerprint density at radius 3 is 2.78 bits per heavy atom. The number of para-hydroxylation sites is 1. The van der Waals surface area contributed by atoms with Crippen molar-refractivity contribution >= 4 is 11.8 Å². The molecule has 0 radical (unpaired) electrons. The molecule has 0 unspecified atom stereocenters. The molecule has 2 rings (SSSR count). The standard InChI is InChI=1S/C17H24N2O4/c1-2-19(12-15-9-6-10-22-15)17(21)11-18-16(20)13-23-14-7-4-3-5-8-14/h3-5,7-8,15H,2,6,9-13H2,1H3,(H,18,20)/t15-/m1/s1. The third kappa shape index (κ3) is 5.90. The fraction of sp³-hybridized carbons (Fsp3) is 0.529. The van der Waals surface area contributed by atoms with Crippen LogP contribution in [0.4, 0.5) is 0 Å². The number of nitrogens with one attached hydrogen (secondary N) is 1. The maximum absolute atomic E-state index is 12.2. The summed E-state index contributed by atoms with van der Waals surface area (Å²) in [5.74, 6) is 0.217. The largest absolute Gasteiger partial charge is 0.484 e. The number of carbonyl (C=O) groups is 2. The second-order valence-electron chi connectivity index (χ2n) is 5.45. The molecule has 1 heterocycles. The van der Waals surface area contributed by atoms with Gasteiger partial charge in [-0.3, -0.25) is 9.59 Å². The summed E-state index contributed by atoms with van der Waals surface area (Å²) in [5.41, 5.74) is 0. The number of nitrogens with zero attached hydrogens (tertiary/aromatic N) is 1. The van der Waals surface area contributed by atoms with E-state index in [4.69, 9.17) is 9.47 Å². The average molecular weight is 320 g/mol. The van der Waals surface area contributed by atoms with E-state index in [-0.39, 0.29) is 31.1 Å². The van der Waals surface area contributed by atoms with Crippen LogP contribution in [0.15, 0.2) is 30.3 Å². The number of hydrogen-bond acceptors (Lipinski definition) is 4. The predicted octanol–water partition coefficient (Wildman–Crippen LogP) is 1.21. The van der Waals surface area contributed by atoms with Crippen molar-refractivity contribution in [1.82, 2.24) is 10.2 Å². The van der Waals surface area contributed by atoms with Gasteiger partial charge in [0.1, 0.15) is 5.75 Å². The molecular weight excluding hydrogens is 296 g/mol. The van der Waals surface area contributed by atoms with Crippen LogP contribution >= 0.6 is 0 Å². The van der Waals surface area contributed by atoms with Crippen LogP contribution in [0.5, 0.6) is 5.75 Å². The fourth-order valence-corrected chi connectivity index (χ4v) is 2.44. The molecule has 0 bridgehead atoms. The van der Waals surface area contributed by atoms with Crippen molar-refractivity contribution in [3.63, 3.8) is 0 Å². The monoisotopic (exact) mass is 320 g/mol. The highest BCUT2D eigenvalue weighted by atomic mass is 16.5. The summed E-state index contributed by atoms with van der Waals surface area (Å²) >= 11 is 0. The summed E-state index contributed by atoms with van der Waals surface area (Å²) in [6, 6.07) is 9.10. The molecule has 6 heteroatoms. The molecule has 0 saturated carbocycles. The van der Waals surface area contributed by atoms with Crippen LogP contribution in [-0.2, 0) is 14.3 Å². The Kier molecular flexibility index (Phi) is 6.87. The van der Waals surface area contributed by atoms with E-state index >= 15 is 0 Å². The summed E-state index contributed by atoms with van der Waals surface area (Å²) in [5, 5.41) is 2.60. The van der Waals surface area contributed by atoms with Crippen LogP contribution in [0, 0.1) is 0 Å². The topological polar surface area (TPSA) is 67.9 Å². The molecule has 126 valence electrons. The van der Waals surface area contributed by atoms with E-state index in [2.05, 4.69) is 5.32 Å². The number of ether oxygens (including phenoxy) is 2. The van der Waals surface area contributed by atoms with Crippen molar-refractivity contribution in [2.24, 2.45) is 0 Å². The molecule has 0 aromatic heterocycles. The van der Waals surface area contributed by atoms with E-state index in [1.165, 1.54) is 0 Å². The Morgan fingerprint density at radius 2 is 2.13 bits per heavy atom. The predicted molar refractivity (Wildman–Crippen MR) is 86.2 cm³/mol. The zero-order valence-corrected chi connectivity index (χ0v) is 13.5. The third-order valence-electron chi connectivity index (χ3n) is 3.73. The van der Waals surface area contributed by atoms with Crippen LogP contribution in [0.1, 0.15) is 19.8 Å². The summed E-state index contributed by atoms with van der Waals surface area (Å²) in [6.45, 7) is 3.77. The Balaban J connectivity index is 1.68. The van der Waals surface area contributed by atoms with Gasteiger partial charge in [-0.25, -0.2) is 0 Å². The maximum atomic E-state index is 12.2. The number of likely N-dealkylation sites (N-methyl/N-ethyl adjacent to an activating group) is 1. The first-order chi connectivity index (χ1) is 11.2. The van der Waals surface area contributed by atoms with E-state index in [0.717, 1.165) is 19.4 Å². The van der Waals surface area contributed by atoms with Crippen LogP contribution in [-0.4, -0.2) is 55.7 Å². The number of rotatable bonds is 8. The highest BCUT2D eigenvalue weighted by Gasteiger charge is 2.21. The molecular formula is C17H24N2O4. The van der Waals surface area contributed by atoms with Gasteiger partial charge in [0, 0.05) is 19.7 Å². The molecule has 1 aliphatic rings. The van der Waals surface area contributed by atoms with Crippen LogP contribution in [0.25, 0.3) is 0 Å². The van der Waals surface area contributed by atoms with Crippen molar-refractivity contribution < 1.29 is 19.1 Å². The van der Waals surface area contributed by atoms with Gasteiger partial charge in [-0.15, -0.1) is 0 Å². The minimum absolute atomic E-state index is 0.0163. The van der Waals surface area contributed by atoms with Crippen molar-refractivity contribution in [1.29, 1.82) is 0 Å². The van der Waals surface area contributed by atoms with Gasteiger partial charge in [-0.05, 0) is 31.9 Å². The van der Waals surface area contributed by atoms with Gasteiger partial charge < -0.3 is 19.7 Å². The number of carbonyl (C=O) groups excluding carboxylic acids is 2. The zero-order chi connectivity index (χ0) is 16.5. The minimum atomic E-state index is -0.310. The SMILES string of the molecule is CCN(C[C@H]1CCCO1)C(=O)CNC(=O)COc1ccccc1. The first-order valence-corrected chi connectivity index (χ1v) is 8.03. The molecule has 6 nitrogen and oxygen atoms in total. The quantitative estimate of drug-likeness (QED) is 0.782. The normalized spacial score (nSPS) is 16.8.